The summed E-state index contributed by atoms with van der Waals surface area (Å²) in [4.78, 5) is 12.8. The van der Waals surface area contributed by atoms with E-state index in [0.29, 0.717) is 11.3 Å². The lowest BCUT2D eigenvalue weighted by molar-refractivity contribution is 0.0946. The third-order valence-electron chi connectivity index (χ3n) is 2.65. The van der Waals surface area contributed by atoms with Crippen LogP contribution < -0.4 is 11.1 Å². The van der Waals surface area contributed by atoms with E-state index in [-0.39, 0.29) is 17.9 Å². The van der Waals surface area contributed by atoms with Gasteiger partial charge in [-0.3, -0.25) is 4.79 Å². The summed E-state index contributed by atoms with van der Waals surface area (Å²) in [6.07, 6.45) is 1.82. The molecule has 0 aromatic heterocycles. The van der Waals surface area contributed by atoms with Gasteiger partial charge in [0, 0.05) is 10.6 Å². The van der Waals surface area contributed by atoms with Gasteiger partial charge in [0.25, 0.3) is 5.91 Å². The quantitative estimate of drug-likeness (QED) is 0.547. The van der Waals surface area contributed by atoms with Crippen molar-refractivity contribution in [1.29, 1.82) is 0 Å². The van der Waals surface area contributed by atoms with Gasteiger partial charge in [-0.25, -0.2) is 0 Å². The lowest BCUT2D eigenvalue weighted by Crippen LogP contribution is -2.38. The number of carbonyl (C=O) groups excluding carboxylic acids is 1. The number of nitrogens with two attached hydrogens (primary N) is 1. The third-order valence-corrected chi connectivity index (χ3v) is 3.91. The highest BCUT2D eigenvalue weighted by molar-refractivity contribution is 8.00. The molecule has 0 saturated carbocycles. The highest BCUT2D eigenvalue weighted by atomic mass is 32.2. The van der Waals surface area contributed by atoms with E-state index in [2.05, 4.69) is 5.32 Å². The largest absolute Gasteiger partial charge is 0.399 e. The van der Waals surface area contributed by atoms with E-state index in [0.717, 1.165) is 10.5 Å². The van der Waals surface area contributed by atoms with E-state index in [9.17, 15) is 9.90 Å². The smallest absolute Gasteiger partial charge is 0.253 e. The number of amides is 1. The Balaban J connectivity index is 2.34. The molecule has 1 aromatic rings. The number of nitrogens with one attached hydrogen (secondary N) is 1. The van der Waals surface area contributed by atoms with Crippen LogP contribution in [0.2, 0.25) is 0 Å². The van der Waals surface area contributed by atoms with Crippen LogP contribution in [0, 0.1) is 0 Å². The van der Waals surface area contributed by atoms with Gasteiger partial charge in [-0.05, 0) is 30.7 Å². The minimum absolute atomic E-state index is 0.0568. The van der Waals surface area contributed by atoms with Crippen molar-refractivity contribution in [2.75, 3.05) is 12.3 Å². The molecule has 0 bridgehead atoms. The van der Waals surface area contributed by atoms with Gasteiger partial charge < -0.3 is 16.2 Å². The van der Waals surface area contributed by atoms with E-state index in [1.54, 1.807) is 12.1 Å². The normalized spacial score (nSPS) is 19.8. The summed E-state index contributed by atoms with van der Waals surface area (Å²) in [5.41, 5.74) is 7.62. The number of nitrogen functional groups attached to an aromatic ring is 1. The molecule has 4 nitrogen and oxygen atoms in total. The predicted octanol–water partition coefficient (Wildman–Crippen LogP) is 1.37. The molecule has 1 amide bonds. The highest BCUT2D eigenvalue weighted by Gasteiger charge is 2.26. The molecule has 0 aliphatic carbocycles. The number of benzene rings is 1. The number of thioether (sulfide) groups is 1. The number of carbonyl (C=O) groups is 1. The van der Waals surface area contributed by atoms with Crippen molar-refractivity contribution in [3.05, 3.63) is 35.4 Å². The zero-order chi connectivity index (χ0) is 12.4. The standard InChI is InChI=1S/C12H14N2O2S/c1-2-7(6-15)12-14-11(16)9-5-8(13)3-4-10(9)17-12/h2-5,12,15H,6,13H2,1H3,(H,14,16)/b7-2+. The molecular formula is C12H14N2O2S. The molecule has 5 heteroatoms. The van der Waals surface area contributed by atoms with Crippen LogP contribution in [0.1, 0.15) is 17.3 Å². The molecule has 1 unspecified atom stereocenters. The molecule has 1 aliphatic rings. The first-order valence-electron chi connectivity index (χ1n) is 5.28. The van der Waals surface area contributed by atoms with E-state index in [1.807, 2.05) is 19.1 Å². The molecule has 2 rings (SSSR count). The first-order valence-corrected chi connectivity index (χ1v) is 6.16. The van der Waals surface area contributed by atoms with Crippen molar-refractivity contribution in [3.63, 3.8) is 0 Å². The Kier molecular flexibility index (Phi) is 3.40. The number of anilines is 1. The van der Waals surface area contributed by atoms with Crippen LogP contribution in [-0.4, -0.2) is 23.0 Å². The molecule has 0 saturated heterocycles. The SMILES string of the molecule is C/C=C(\CO)C1NC(=O)c2cc(N)ccc2S1. The van der Waals surface area contributed by atoms with E-state index in [1.165, 1.54) is 11.8 Å². The van der Waals surface area contributed by atoms with E-state index in [4.69, 9.17) is 5.73 Å². The summed E-state index contributed by atoms with van der Waals surface area (Å²) in [5.74, 6) is -0.149. The molecule has 4 N–H and O–H groups in total. The molecule has 1 aromatic carbocycles. The first kappa shape index (κ1) is 12.0. The number of fused-ring (bicyclic) bond motifs is 1. The maximum Gasteiger partial charge on any atom is 0.253 e. The number of hydrogen-bond donors (Lipinski definition) is 3. The van der Waals surface area contributed by atoms with Crippen molar-refractivity contribution in [3.8, 4) is 0 Å². The lowest BCUT2D eigenvalue weighted by atomic mass is 10.1. The molecule has 1 heterocycles. The van der Waals surface area contributed by atoms with E-state index >= 15 is 0 Å². The van der Waals surface area contributed by atoms with Crippen LogP contribution in [0.3, 0.4) is 0 Å². The Morgan fingerprint density at radius 1 is 1.65 bits per heavy atom. The molecule has 0 radical (unpaired) electrons. The summed E-state index contributed by atoms with van der Waals surface area (Å²) in [6, 6.07) is 5.28. The number of allylic oxidation sites excluding steroid dienone is 1. The van der Waals surface area contributed by atoms with Crippen molar-refractivity contribution < 1.29 is 9.90 Å². The molecule has 17 heavy (non-hydrogen) atoms. The summed E-state index contributed by atoms with van der Waals surface area (Å²) in [5, 5.41) is 11.8. The summed E-state index contributed by atoms with van der Waals surface area (Å²) in [6.45, 7) is 1.79. The van der Waals surface area contributed by atoms with Crippen molar-refractivity contribution >= 4 is 23.4 Å². The lowest BCUT2D eigenvalue weighted by Gasteiger charge is -2.26. The Bertz CT molecular complexity index is 485. The molecule has 1 atom stereocenters. The van der Waals surface area contributed by atoms with Crippen LogP contribution >= 0.6 is 11.8 Å². The third kappa shape index (κ3) is 2.30. The predicted molar refractivity (Wildman–Crippen MR) is 68.8 cm³/mol. The van der Waals surface area contributed by atoms with Gasteiger partial charge in [0.2, 0.25) is 0 Å². The van der Waals surface area contributed by atoms with Crippen molar-refractivity contribution in [2.24, 2.45) is 0 Å². The van der Waals surface area contributed by atoms with Gasteiger partial charge in [-0.2, -0.15) is 0 Å². The maximum atomic E-state index is 11.9. The Morgan fingerprint density at radius 2 is 2.41 bits per heavy atom. The number of aliphatic hydroxyl groups is 1. The fraction of sp³-hybridized carbons (Fsp3) is 0.250. The molecule has 0 fully saturated rings. The van der Waals surface area contributed by atoms with Crippen LogP contribution in [0.5, 0.6) is 0 Å². The molecule has 1 aliphatic heterocycles. The van der Waals surface area contributed by atoms with Gasteiger partial charge in [-0.15, -0.1) is 0 Å². The number of hydrogen-bond acceptors (Lipinski definition) is 4. The van der Waals surface area contributed by atoms with Crippen molar-refractivity contribution in [2.45, 2.75) is 17.2 Å². The van der Waals surface area contributed by atoms with Crippen LogP contribution in [-0.2, 0) is 0 Å². The van der Waals surface area contributed by atoms with E-state index < -0.39 is 0 Å². The topological polar surface area (TPSA) is 75.3 Å². The Morgan fingerprint density at radius 3 is 3.06 bits per heavy atom. The van der Waals surface area contributed by atoms with Gasteiger partial charge in [0.15, 0.2) is 0 Å². The second kappa shape index (κ2) is 4.81. The average molecular weight is 250 g/mol. The Labute approximate surface area is 104 Å². The van der Waals surface area contributed by atoms with Crippen molar-refractivity contribution in [1.82, 2.24) is 5.32 Å². The second-order valence-electron chi connectivity index (χ2n) is 3.75. The second-order valence-corrected chi connectivity index (χ2v) is 4.90. The number of aliphatic hydroxyl groups excluding tert-OH is 1. The number of rotatable bonds is 2. The van der Waals surface area contributed by atoms with Gasteiger partial charge >= 0.3 is 0 Å². The average Bonchev–Trinajstić information content (AvgIpc) is 2.32. The van der Waals surface area contributed by atoms with Crippen LogP contribution in [0.15, 0.2) is 34.7 Å². The minimum atomic E-state index is -0.200. The summed E-state index contributed by atoms with van der Waals surface area (Å²) >= 11 is 1.51. The van der Waals surface area contributed by atoms with Crippen LogP contribution in [0.25, 0.3) is 0 Å². The van der Waals surface area contributed by atoms with Crippen LogP contribution in [0.4, 0.5) is 5.69 Å². The van der Waals surface area contributed by atoms with Gasteiger partial charge in [-0.1, -0.05) is 17.8 Å². The zero-order valence-corrected chi connectivity index (χ0v) is 10.3. The minimum Gasteiger partial charge on any atom is -0.399 e. The fourth-order valence-corrected chi connectivity index (χ4v) is 2.88. The van der Waals surface area contributed by atoms with Gasteiger partial charge in [0.05, 0.1) is 12.2 Å². The zero-order valence-electron chi connectivity index (χ0n) is 9.43. The fourth-order valence-electron chi connectivity index (χ4n) is 1.68. The summed E-state index contributed by atoms with van der Waals surface area (Å²) in [7, 11) is 0. The monoisotopic (exact) mass is 250 g/mol. The maximum absolute atomic E-state index is 11.9. The molecular weight excluding hydrogens is 236 g/mol. The van der Waals surface area contributed by atoms with Gasteiger partial charge in [0.1, 0.15) is 5.37 Å². The summed E-state index contributed by atoms with van der Waals surface area (Å²) < 4.78 is 0. The highest BCUT2D eigenvalue weighted by Crippen LogP contribution is 2.34. The molecule has 0 spiro atoms. The Hall–Kier alpha value is -1.46. The molecule has 90 valence electrons. The first-order chi connectivity index (χ1) is 8.15.